The molecule has 0 aromatic heterocycles. The molecule has 0 fully saturated rings. The van der Waals surface area contributed by atoms with Crippen LogP contribution in [-0.4, -0.2) is 31.0 Å². The molecule has 0 N–H and O–H groups in total. The fraction of sp³-hybridized carbons (Fsp3) is 0.267. The largest absolute Gasteiger partial charge is 0.337 e. The summed E-state index contributed by atoms with van der Waals surface area (Å²) in [5.41, 5.74) is 2.35. The predicted octanol–water partition coefficient (Wildman–Crippen LogP) is 2.66. The molecule has 0 bridgehead atoms. The Labute approximate surface area is 103 Å². The number of likely N-dealkylation sites (N-methyl/N-ethyl adjacent to an activating group) is 1. The van der Waals surface area contributed by atoms with Crippen LogP contribution in [0.25, 0.3) is 6.08 Å². The van der Waals surface area contributed by atoms with Crippen molar-refractivity contribution in [3.8, 4) is 0 Å². The van der Waals surface area contributed by atoms with Crippen LogP contribution in [0.5, 0.6) is 0 Å². The lowest BCUT2D eigenvalue weighted by molar-refractivity contribution is -0.810. The Balaban J connectivity index is 2.63. The predicted molar refractivity (Wildman–Crippen MR) is 72.4 cm³/mol. The van der Waals surface area contributed by atoms with Crippen LogP contribution < -0.4 is 0 Å². The molecule has 0 aliphatic carbocycles. The number of carbonyl (C=O) groups excluding carboxylic acids is 1. The van der Waals surface area contributed by atoms with E-state index in [1.54, 1.807) is 0 Å². The van der Waals surface area contributed by atoms with Gasteiger partial charge in [0.1, 0.15) is 0 Å². The number of amides is 1. The summed E-state index contributed by atoms with van der Waals surface area (Å²) in [5.74, 6) is 0.0488. The van der Waals surface area contributed by atoms with E-state index in [1.165, 1.54) is 11.6 Å². The maximum atomic E-state index is 11.6. The first-order valence-corrected chi connectivity index (χ1v) is 5.71. The fourth-order valence-electron chi connectivity index (χ4n) is 1.59. The van der Waals surface area contributed by atoms with Gasteiger partial charge < -0.3 is 0 Å². The molecule has 0 heterocycles. The van der Waals surface area contributed by atoms with Gasteiger partial charge in [-0.05, 0) is 11.1 Å². The SMILES string of the molecule is C=CC(=O)[N+](C)(C)CCc1ccc(C=C)cc1. The van der Waals surface area contributed by atoms with Crippen molar-refractivity contribution in [2.45, 2.75) is 6.42 Å². The number of benzene rings is 1. The lowest BCUT2D eigenvalue weighted by atomic mass is 10.1. The first-order valence-electron chi connectivity index (χ1n) is 5.71. The second-order valence-electron chi connectivity index (χ2n) is 4.65. The van der Waals surface area contributed by atoms with Gasteiger partial charge in [0, 0.05) is 12.5 Å². The van der Waals surface area contributed by atoms with E-state index in [2.05, 4.69) is 25.3 Å². The molecule has 1 aromatic carbocycles. The number of hydrogen-bond donors (Lipinski definition) is 0. The van der Waals surface area contributed by atoms with Gasteiger partial charge in [0.2, 0.25) is 0 Å². The molecule has 0 atom stereocenters. The average molecular weight is 230 g/mol. The van der Waals surface area contributed by atoms with E-state index in [0.29, 0.717) is 4.48 Å². The molecule has 1 aromatic rings. The van der Waals surface area contributed by atoms with Crippen LogP contribution in [-0.2, 0) is 11.2 Å². The van der Waals surface area contributed by atoms with Crippen LogP contribution in [0.1, 0.15) is 11.1 Å². The van der Waals surface area contributed by atoms with E-state index in [9.17, 15) is 4.79 Å². The van der Waals surface area contributed by atoms with Crippen molar-refractivity contribution in [1.29, 1.82) is 0 Å². The smallest absolute Gasteiger partial charge is 0.261 e. The van der Waals surface area contributed by atoms with Crippen molar-refractivity contribution >= 4 is 12.0 Å². The Morgan fingerprint density at radius 1 is 1.24 bits per heavy atom. The molecule has 0 radical (unpaired) electrons. The zero-order valence-electron chi connectivity index (χ0n) is 10.6. The number of quaternary nitrogens is 1. The topological polar surface area (TPSA) is 17.1 Å². The third kappa shape index (κ3) is 3.68. The summed E-state index contributed by atoms with van der Waals surface area (Å²) >= 11 is 0. The van der Waals surface area contributed by atoms with Gasteiger partial charge in [-0.2, -0.15) is 0 Å². The molecule has 0 unspecified atom stereocenters. The van der Waals surface area contributed by atoms with E-state index in [0.717, 1.165) is 18.5 Å². The van der Waals surface area contributed by atoms with E-state index >= 15 is 0 Å². The van der Waals surface area contributed by atoms with Gasteiger partial charge in [0.05, 0.1) is 20.6 Å². The summed E-state index contributed by atoms with van der Waals surface area (Å²) in [6.07, 6.45) is 4.09. The second-order valence-corrected chi connectivity index (χ2v) is 4.65. The number of carbonyl (C=O) groups is 1. The highest BCUT2D eigenvalue weighted by atomic mass is 16.2. The Hall–Kier alpha value is -1.67. The normalized spacial score (nSPS) is 10.9. The van der Waals surface area contributed by atoms with Crippen molar-refractivity contribution in [1.82, 2.24) is 0 Å². The van der Waals surface area contributed by atoms with Gasteiger partial charge in [0.15, 0.2) is 0 Å². The average Bonchev–Trinajstić information content (AvgIpc) is 2.36. The van der Waals surface area contributed by atoms with Crippen molar-refractivity contribution < 1.29 is 9.28 Å². The maximum absolute atomic E-state index is 11.6. The van der Waals surface area contributed by atoms with E-state index in [4.69, 9.17) is 0 Å². The molecule has 0 aliphatic rings. The highest BCUT2D eigenvalue weighted by molar-refractivity contribution is 5.80. The lowest BCUT2D eigenvalue weighted by Crippen LogP contribution is -2.45. The summed E-state index contributed by atoms with van der Waals surface area (Å²) < 4.78 is 0.340. The molecule has 2 heteroatoms. The Morgan fingerprint density at radius 2 is 1.82 bits per heavy atom. The number of hydrogen-bond acceptors (Lipinski definition) is 1. The van der Waals surface area contributed by atoms with Crippen LogP contribution in [0.2, 0.25) is 0 Å². The monoisotopic (exact) mass is 230 g/mol. The molecule has 2 nitrogen and oxygen atoms in total. The summed E-state index contributed by atoms with van der Waals surface area (Å²) in [5, 5.41) is 0. The van der Waals surface area contributed by atoms with Gasteiger partial charge in [-0.15, -0.1) is 0 Å². The first-order chi connectivity index (χ1) is 7.99. The molecule has 0 spiro atoms. The highest BCUT2D eigenvalue weighted by Gasteiger charge is 2.22. The van der Waals surface area contributed by atoms with Crippen molar-refractivity contribution in [3.63, 3.8) is 0 Å². The van der Waals surface area contributed by atoms with E-state index in [-0.39, 0.29) is 5.91 Å². The van der Waals surface area contributed by atoms with Gasteiger partial charge in [-0.1, -0.05) is 43.5 Å². The summed E-state index contributed by atoms with van der Waals surface area (Å²) in [4.78, 5) is 11.6. The van der Waals surface area contributed by atoms with Gasteiger partial charge >= 0.3 is 5.91 Å². The van der Waals surface area contributed by atoms with Crippen molar-refractivity contribution in [3.05, 3.63) is 54.6 Å². The van der Waals surface area contributed by atoms with Crippen molar-refractivity contribution in [2.24, 2.45) is 0 Å². The molecule has 0 saturated heterocycles. The minimum Gasteiger partial charge on any atom is -0.261 e. The maximum Gasteiger partial charge on any atom is 0.337 e. The van der Waals surface area contributed by atoms with Crippen LogP contribution in [0.15, 0.2) is 43.5 Å². The van der Waals surface area contributed by atoms with Gasteiger partial charge in [-0.25, -0.2) is 4.79 Å². The van der Waals surface area contributed by atoms with Crippen LogP contribution >= 0.6 is 0 Å². The van der Waals surface area contributed by atoms with Crippen LogP contribution in [0, 0.1) is 0 Å². The quantitative estimate of drug-likeness (QED) is 0.561. The molecular weight excluding hydrogens is 210 g/mol. The Kier molecular flexibility index (Phi) is 4.41. The van der Waals surface area contributed by atoms with Crippen molar-refractivity contribution in [2.75, 3.05) is 20.6 Å². The molecule has 1 rings (SSSR count). The molecule has 0 saturated carbocycles. The third-order valence-electron chi connectivity index (χ3n) is 2.95. The summed E-state index contributed by atoms with van der Waals surface area (Å²) in [6.45, 7) is 8.03. The highest BCUT2D eigenvalue weighted by Crippen LogP contribution is 2.09. The molecular formula is C15H20NO+. The summed E-state index contributed by atoms with van der Waals surface area (Å²) in [7, 11) is 3.81. The minimum atomic E-state index is 0.0488. The van der Waals surface area contributed by atoms with Gasteiger partial charge in [-0.3, -0.25) is 4.48 Å². The Morgan fingerprint density at radius 3 is 2.29 bits per heavy atom. The number of rotatable bonds is 5. The minimum absolute atomic E-state index is 0.0488. The van der Waals surface area contributed by atoms with E-state index in [1.807, 2.05) is 32.3 Å². The zero-order chi connectivity index (χ0) is 12.9. The standard InChI is InChI=1S/C15H20NO/c1-5-13-7-9-14(10-8-13)11-12-16(3,4)15(17)6-2/h5-10H,1-2,11-12H2,3-4H3/q+1. The molecule has 90 valence electrons. The Bertz CT molecular complexity index is 415. The third-order valence-corrected chi connectivity index (χ3v) is 2.95. The van der Waals surface area contributed by atoms with Gasteiger partial charge in [0.25, 0.3) is 0 Å². The first kappa shape index (κ1) is 13.4. The molecule has 0 aliphatic heterocycles. The van der Waals surface area contributed by atoms with Crippen LogP contribution in [0.3, 0.4) is 0 Å². The second kappa shape index (κ2) is 5.60. The summed E-state index contributed by atoms with van der Waals surface area (Å²) in [6, 6.07) is 8.24. The zero-order valence-corrected chi connectivity index (χ0v) is 10.6. The number of nitrogens with zero attached hydrogens (tertiary/aromatic N) is 1. The van der Waals surface area contributed by atoms with Crippen LogP contribution in [0.4, 0.5) is 0 Å². The fourth-order valence-corrected chi connectivity index (χ4v) is 1.59. The van der Waals surface area contributed by atoms with E-state index < -0.39 is 0 Å². The lowest BCUT2D eigenvalue weighted by Gasteiger charge is -2.25. The molecule has 17 heavy (non-hydrogen) atoms. The molecule has 1 amide bonds.